The number of ether oxygens (including phenoxy) is 1. The third-order valence-corrected chi connectivity index (χ3v) is 2.53. The van der Waals surface area contributed by atoms with Crippen LogP contribution in [0.15, 0.2) is 18.2 Å². The van der Waals surface area contributed by atoms with Gasteiger partial charge in [-0.3, -0.25) is 4.79 Å². The van der Waals surface area contributed by atoms with Crippen molar-refractivity contribution in [2.45, 2.75) is 19.8 Å². The normalized spacial score (nSPS) is 9.79. The summed E-state index contributed by atoms with van der Waals surface area (Å²) in [5.74, 6) is -0.141. The SMILES string of the molecule is COc1ccc(NC(=O)NCCCC(=O)O)c(C)c1. The van der Waals surface area contributed by atoms with E-state index in [0.29, 0.717) is 18.7 Å². The smallest absolute Gasteiger partial charge is 0.319 e. The van der Waals surface area contributed by atoms with Crippen molar-refractivity contribution in [2.75, 3.05) is 19.0 Å². The number of amides is 2. The third-order valence-electron chi connectivity index (χ3n) is 2.53. The highest BCUT2D eigenvalue weighted by Gasteiger charge is 2.05. The molecule has 0 aliphatic carbocycles. The first-order chi connectivity index (χ1) is 9.02. The first-order valence-electron chi connectivity index (χ1n) is 5.94. The van der Waals surface area contributed by atoms with Gasteiger partial charge in [-0.15, -0.1) is 0 Å². The molecule has 1 aromatic carbocycles. The highest BCUT2D eigenvalue weighted by atomic mass is 16.5. The fraction of sp³-hybridized carbons (Fsp3) is 0.385. The molecule has 19 heavy (non-hydrogen) atoms. The molecule has 0 unspecified atom stereocenters. The standard InChI is InChI=1S/C13H18N2O4/c1-9-8-10(19-2)5-6-11(9)15-13(18)14-7-3-4-12(16)17/h5-6,8H,3-4,7H2,1-2H3,(H,16,17)(H2,14,15,18). The Bertz CT molecular complexity index is 460. The van der Waals surface area contributed by atoms with Gasteiger partial charge in [-0.25, -0.2) is 4.79 Å². The van der Waals surface area contributed by atoms with E-state index in [-0.39, 0.29) is 12.5 Å². The fourth-order valence-corrected chi connectivity index (χ4v) is 1.51. The van der Waals surface area contributed by atoms with Crippen molar-refractivity contribution in [2.24, 2.45) is 0 Å². The van der Waals surface area contributed by atoms with Gasteiger partial charge in [0.2, 0.25) is 0 Å². The Morgan fingerprint density at radius 3 is 2.68 bits per heavy atom. The first kappa shape index (κ1) is 14.8. The monoisotopic (exact) mass is 266 g/mol. The summed E-state index contributed by atoms with van der Waals surface area (Å²) < 4.78 is 5.07. The Morgan fingerprint density at radius 1 is 1.37 bits per heavy atom. The Morgan fingerprint density at radius 2 is 2.11 bits per heavy atom. The lowest BCUT2D eigenvalue weighted by Crippen LogP contribution is -2.30. The van der Waals surface area contributed by atoms with Crippen molar-refractivity contribution in [1.29, 1.82) is 0 Å². The van der Waals surface area contributed by atoms with Crippen molar-refractivity contribution >= 4 is 17.7 Å². The molecule has 0 aromatic heterocycles. The molecular weight excluding hydrogens is 248 g/mol. The lowest BCUT2D eigenvalue weighted by atomic mass is 10.2. The molecule has 6 nitrogen and oxygen atoms in total. The van der Waals surface area contributed by atoms with E-state index in [1.165, 1.54) is 0 Å². The maximum Gasteiger partial charge on any atom is 0.319 e. The number of anilines is 1. The van der Waals surface area contributed by atoms with Crippen LogP contribution >= 0.6 is 0 Å². The highest BCUT2D eigenvalue weighted by molar-refractivity contribution is 5.90. The summed E-state index contributed by atoms with van der Waals surface area (Å²) >= 11 is 0. The van der Waals surface area contributed by atoms with Gasteiger partial charge in [-0.1, -0.05) is 0 Å². The van der Waals surface area contributed by atoms with E-state index in [1.54, 1.807) is 19.2 Å². The summed E-state index contributed by atoms with van der Waals surface area (Å²) in [5.41, 5.74) is 1.58. The number of rotatable bonds is 6. The zero-order valence-corrected chi connectivity index (χ0v) is 11.0. The number of hydrogen-bond acceptors (Lipinski definition) is 3. The fourth-order valence-electron chi connectivity index (χ4n) is 1.51. The molecule has 104 valence electrons. The van der Waals surface area contributed by atoms with Crippen LogP contribution in [-0.4, -0.2) is 30.8 Å². The molecule has 0 heterocycles. The van der Waals surface area contributed by atoms with Gasteiger partial charge in [0, 0.05) is 18.7 Å². The molecule has 0 bridgehead atoms. The van der Waals surface area contributed by atoms with Crippen LogP contribution in [-0.2, 0) is 4.79 Å². The van der Waals surface area contributed by atoms with Crippen LogP contribution in [0.2, 0.25) is 0 Å². The minimum atomic E-state index is -0.867. The topological polar surface area (TPSA) is 87.7 Å². The minimum Gasteiger partial charge on any atom is -0.497 e. The van der Waals surface area contributed by atoms with Crippen molar-refractivity contribution in [3.8, 4) is 5.75 Å². The third kappa shape index (κ3) is 5.29. The molecule has 1 aromatic rings. The zero-order valence-electron chi connectivity index (χ0n) is 11.0. The molecule has 0 atom stereocenters. The van der Waals surface area contributed by atoms with Crippen LogP contribution < -0.4 is 15.4 Å². The summed E-state index contributed by atoms with van der Waals surface area (Å²) in [6.07, 6.45) is 0.451. The number of carboxylic acids is 1. The molecule has 1 rings (SSSR count). The number of carbonyl (C=O) groups is 2. The molecule has 0 saturated heterocycles. The van der Waals surface area contributed by atoms with Crippen LogP contribution in [0, 0.1) is 6.92 Å². The average Bonchev–Trinajstić information content (AvgIpc) is 2.37. The van der Waals surface area contributed by atoms with E-state index >= 15 is 0 Å². The van der Waals surface area contributed by atoms with E-state index in [4.69, 9.17) is 9.84 Å². The molecule has 3 N–H and O–H groups in total. The average molecular weight is 266 g/mol. The largest absolute Gasteiger partial charge is 0.497 e. The number of nitrogens with one attached hydrogen (secondary N) is 2. The summed E-state index contributed by atoms with van der Waals surface area (Å²) in [4.78, 5) is 21.9. The molecule has 0 radical (unpaired) electrons. The van der Waals surface area contributed by atoms with Crippen molar-refractivity contribution in [3.63, 3.8) is 0 Å². The number of carbonyl (C=O) groups excluding carboxylic acids is 1. The molecule has 6 heteroatoms. The summed E-state index contributed by atoms with van der Waals surface area (Å²) in [6.45, 7) is 2.19. The lowest BCUT2D eigenvalue weighted by molar-refractivity contribution is -0.137. The Hall–Kier alpha value is -2.24. The van der Waals surface area contributed by atoms with E-state index < -0.39 is 5.97 Å². The van der Waals surface area contributed by atoms with Crippen molar-refractivity contribution < 1.29 is 19.4 Å². The van der Waals surface area contributed by atoms with Crippen LogP contribution in [0.3, 0.4) is 0 Å². The van der Waals surface area contributed by atoms with Gasteiger partial charge < -0.3 is 20.5 Å². The van der Waals surface area contributed by atoms with Gasteiger partial charge in [-0.05, 0) is 37.1 Å². The van der Waals surface area contributed by atoms with Crippen LogP contribution in [0.1, 0.15) is 18.4 Å². The molecule has 0 fully saturated rings. The Labute approximate surface area is 111 Å². The molecule has 0 saturated carbocycles. The molecule has 2 amide bonds. The number of urea groups is 1. The predicted octanol–water partition coefficient (Wildman–Crippen LogP) is 1.99. The van der Waals surface area contributed by atoms with Crippen molar-refractivity contribution in [1.82, 2.24) is 5.32 Å². The van der Waals surface area contributed by atoms with Gasteiger partial charge >= 0.3 is 12.0 Å². The number of carboxylic acid groups (broad SMARTS) is 1. The summed E-state index contributed by atoms with van der Waals surface area (Å²) in [7, 11) is 1.58. The first-order valence-corrected chi connectivity index (χ1v) is 5.94. The van der Waals surface area contributed by atoms with E-state index in [2.05, 4.69) is 10.6 Å². The predicted molar refractivity (Wildman–Crippen MR) is 71.6 cm³/mol. The van der Waals surface area contributed by atoms with E-state index in [0.717, 1.165) is 11.3 Å². The van der Waals surface area contributed by atoms with Gasteiger partial charge in [0.25, 0.3) is 0 Å². The number of hydrogen-bond donors (Lipinski definition) is 3. The number of aryl methyl sites for hydroxylation is 1. The van der Waals surface area contributed by atoms with Gasteiger partial charge in [0.1, 0.15) is 5.75 Å². The Kier molecular flexibility index (Phi) is 5.66. The highest BCUT2D eigenvalue weighted by Crippen LogP contribution is 2.20. The quantitative estimate of drug-likeness (QED) is 0.687. The molecule has 0 aliphatic rings. The second kappa shape index (κ2) is 7.25. The summed E-state index contributed by atoms with van der Waals surface area (Å²) in [6, 6.07) is 4.98. The van der Waals surface area contributed by atoms with Crippen molar-refractivity contribution in [3.05, 3.63) is 23.8 Å². The van der Waals surface area contributed by atoms with Gasteiger partial charge in [0.15, 0.2) is 0 Å². The Balaban J connectivity index is 2.42. The molecule has 0 spiro atoms. The molecular formula is C13H18N2O4. The molecule has 0 aliphatic heterocycles. The van der Waals surface area contributed by atoms with Gasteiger partial charge in [-0.2, -0.15) is 0 Å². The number of aliphatic carboxylic acids is 1. The zero-order chi connectivity index (χ0) is 14.3. The van der Waals surface area contributed by atoms with Crippen LogP contribution in [0.25, 0.3) is 0 Å². The van der Waals surface area contributed by atoms with Gasteiger partial charge in [0.05, 0.1) is 7.11 Å². The lowest BCUT2D eigenvalue weighted by Gasteiger charge is -2.10. The maximum absolute atomic E-state index is 11.6. The number of benzene rings is 1. The van der Waals surface area contributed by atoms with Crippen LogP contribution in [0.5, 0.6) is 5.75 Å². The summed E-state index contributed by atoms with van der Waals surface area (Å²) in [5, 5.41) is 13.8. The van der Waals surface area contributed by atoms with E-state index in [1.807, 2.05) is 13.0 Å². The van der Waals surface area contributed by atoms with Crippen LogP contribution in [0.4, 0.5) is 10.5 Å². The van der Waals surface area contributed by atoms with E-state index in [9.17, 15) is 9.59 Å². The number of methoxy groups -OCH3 is 1. The minimum absolute atomic E-state index is 0.0435. The maximum atomic E-state index is 11.6. The second-order valence-corrected chi connectivity index (χ2v) is 4.06. The second-order valence-electron chi connectivity index (χ2n) is 4.06.